The Morgan fingerprint density at radius 1 is 1.03 bits per heavy atom. The zero-order valence-corrected chi connectivity index (χ0v) is 18.1. The van der Waals surface area contributed by atoms with Crippen molar-refractivity contribution < 1.29 is 23.8 Å². The number of methoxy groups -OCH3 is 1. The minimum absolute atomic E-state index is 0.0212. The van der Waals surface area contributed by atoms with Crippen LogP contribution in [0.2, 0.25) is 0 Å². The topological polar surface area (TPSA) is 65.1 Å². The average molecular weight is 411 g/mol. The maximum absolute atomic E-state index is 12.7. The highest BCUT2D eigenvalue weighted by Crippen LogP contribution is 2.29. The molecule has 0 saturated carbocycles. The molecular formula is C24H29NO5. The fourth-order valence-electron chi connectivity index (χ4n) is 2.86. The second-order valence-electron chi connectivity index (χ2n) is 6.91. The average Bonchev–Trinajstić information content (AvgIpc) is 2.73. The van der Waals surface area contributed by atoms with E-state index in [0.29, 0.717) is 18.0 Å². The molecule has 0 aliphatic rings. The van der Waals surface area contributed by atoms with Crippen LogP contribution in [0, 0.1) is 0 Å². The minimum atomic E-state index is -0.904. The normalized spacial score (nSPS) is 11.9. The number of likely N-dealkylation sites (N-methyl/N-ethyl adjacent to an activating group) is 1. The van der Waals surface area contributed by atoms with Gasteiger partial charge in [-0.05, 0) is 63.6 Å². The number of hydrogen-bond donors (Lipinski definition) is 0. The quantitative estimate of drug-likeness (QED) is 0.450. The number of hydrogen-bond acceptors (Lipinski definition) is 5. The van der Waals surface area contributed by atoms with Gasteiger partial charge in [0.05, 0.1) is 13.2 Å². The Balaban J connectivity index is 2.02. The van der Waals surface area contributed by atoms with Crippen molar-refractivity contribution in [3.63, 3.8) is 0 Å². The molecule has 1 amide bonds. The van der Waals surface area contributed by atoms with E-state index in [4.69, 9.17) is 14.2 Å². The maximum atomic E-state index is 12.7. The third kappa shape index (κ3) is 6.37. The molecule has 6 nitrogen and oxygen atoms in total. The van der Waals surface area contributed by atoms with Crippen LogP contribution in [0.5, 0.6) is 11.5 Å². The number of carbonyl (C=O) groups is 2. The summed E-state index contributed by atoms with van der Waals surface area (Å²) in [6.07, 6.45) is 2.02. The molecule has 0 bridgehead atoms. The molecule has 0 saturated heterocycles. The maximum Gasteiger partial charge on any atom is 0.331 e. The first-order chi connectivity index (χ1) is 14.3. The molecule has 1 atom stereocenters. The molecule has 0 aliphatic heterocycles. The Morgan fingerprint density at radius 2 is 1.73 bits per heavy atom. The summed E-state index contributed by atoms with van der Waals surface area (Å²) in [6, 6.07) is 14.7. The summed E-state index contributed by atoms with van der Waals surface area (Å²) < 4.78 is 16.3. The van der Waals surface area contributed by atoms with Crippen molar-refractivity contribution >= 4 is 23.6 Å². The van der Waals surface area contributed by atoms with Crippen LogP contribution < -0.4 is 14.4 Å². The van der Waals surface area contributed by atoms with Gasteiger partial charge < -0.3 is 19.1 Å². The van der Waals surface area contributed by atoms with E-state index >= 15 is 0 Å². The molecule has 0 aromatic heterocycles. The van der Waals surface area contributed by atoms with Crippen molar-refractivity contribution in [2.45, 2.75) is 39.9 Å². The lowest BCUT2D eigenvalue weighted by atomic mass is 10.2. The van der Waals surface area contributed by atoms with E-state index in [9.17, 15) is 9.59 Å². The van der Waals surface area contributed by atoms with Gasteiger partial charge in [0, 0.05) is 18.3 Å². The van der Waals surface area contributed by atoms with E-state index in [-0.39, 0.29) is 12.0 Å². The van der Waals surface area contributed by atoms with Crippen molar-refractivity contribution in [3.05, 3.63) is 60.2 Å². The number of esters is 1. The van der Waals surface area contributed by atoms with E-state index in [2.05, 4.69) is 0 Å². The highest BCUT2D eigenvalue weighted by Gasteiger charge is 2.23. The molecule has 30 heavy (non-hydrogen) atoms. The molecule has 0 unspecified atom stereocenters. The van der Waals surface area contributed by atoms with Gasteiger partial charge in [-0.2, -0.15) is 0 Å². The van der Waals surface area contributed by atoms with Crippen molar-refractivity contribution in [1.29, 1.82) is 0 Å². The zero-order valence-electron chi connectivity index (χ0n) is 18.1. The Labute approximate surface area is 178 Å². The van der Waals surface area contributed by atoms with Crippen molar-refractivity contribution in [3.8, 4) is 11.5 Å². The van der Waals surface area contributed by atoms with Gasteiger partial charge in [0.1, 0.15) is 0 Å². The number of rotatable bonds is 9. The Morgan fingerprint density at radius 3 is 2.33 bits per heavy atom. The number of carbonyl (C=O) groups excluding carboxylic acids is 2. The predicted molar refractivity (Wildman–Crippen MR) is 118 cm³/mol. The Hall–Kier alpha value is -3.28. The molecule has 2 rings (SSSR count). The molecule has 0 aliphatic carbocycles. The second-order valence-corrected chi connectivity index (χ2v) is 6.91. The lowest BCUT2D eigenvalue weighted by molar-refractivity contribution is -0.149. The first-order valence-corrected chi connectivity index (χ1v) is 9.95. The first kappa shape index (κ1) is 23.0. The Bertz CT molecular complexity index is 876. The smallest absolute Gasteiger partial charge is 0.331 e. The number of ether oxygens (including phenoxy) is 3. The molecular weight excluding hydrogens is 382 g/mol. The van der Waals surface area contributed by atoms with Gasteiger partial charge in [0.25, 0.3) is 5.91 Å². The molecule has 2 aromatic carbocycles. The van der Waals surface area contributed by atoms with Gasteiger partial charge in [-0.3, -0.25) is 4.79 Å². The molecule has 0 fully saturated rings. The summed E-state index contributed by atoms with van der Waals surface area (Å²) in [5.41, 5.74) is 1.51. The highest BCUT2D eigenvalue weighted by molar-refractivity contribution is 5.98. The van der Waals surface area contributed by atoms with Gasteiger partial charge in [-0.25, -0.2) is 4.79 Å². The summed E-state index contributed by atoms with van der Waals surface area (Å²) in [6.45, 7) is 7.79. The third-order valence-electron chi connectivity index (χ3n) is 4.25. The van der Waals surface area contributed by atoms with Gasteiger partial charge in [-0.15, -0.1) is 0 Å². The number of anilines is 1. The number of benzene rings is 2. The molecule has 0 heterocycles. The second kappa shape index (κ2) is 11.0. The van der Waals surface area contributed by atoms with E-state index in [1.165, 1.54) is 6.08 Å². The van der Waals surface area contributed by atoms with Crippen LogP contribution in [0.3, 0.4) is 0 Å². The Kier molecular flexibility index (Phi) is 8.47. The zero-order chi connectivity index (χ0) is 22.1. The number of para-hydroxylation sites is 1. The van der Waals surface area contributed by atoms with Crippen LogP contribution in [0.1, 0.15) is 33.3 Å². The lowest BCUT2D eigenvalue weighted by Crippen LogP contribution is -2.39. The SMILES string of the molecule is CCN(C(=O)[C@@H](C)OC(=O)/C=C/c1ccc(OC(C)C)c(OC)c1)c1ccccc1. The van der Waals surface area contributed by atoms with E-state index in [1.807, 2.05) is 57.2 Å². The summed E-state index contributed by atoms with van der Waals surface area (Å²) in [4.78, 5) is 26.5. The van der Waals surface area contributed by atoms with Crippen LogP contribution >= 0.6 is 0 Å². The summed E-state index contributed by atoms with van der Waals surface area (Å²) >= 11 is 0. The summed E-state index contributed by atoms with van der Waals surface area (Å²) in [5, 5.41) is 0. The van der Waals surface area contributed by atoms with Crippen LogP contribution in [0.25, 0.3) is 6.08 Å². The standard InChI is InChI=1S/C24H29NO5/c1-6-25(20-10-8-7-9-11-20)24(27)18(4)30-23(26)15-13-19-12-14-21(29-17(2)3)22(16-19)28-5/h7-18H,6H2,1-5H3/b15-13+/t18-/m1/s1. The van der Waals surface area contributed by atoms with Gasteiger partial charge in [0.2, 0.25) is 0 Å². The first-order valence-electron chi connectivity index (χ1n) is 9.95. The van der Waals surface area contributed by atoms with Gasteiger partial charge >= 0.3 is 5.97 Å². The molecule has 160 valence electrons. The van der Waals surface area contributed by atoms with Crippen LogP contribution in [-0.2, 0) is 14.3 Å². The predicted octanol–water partition coefficient (Wildman–Crippen LogP) is 4.48. The largest absolute Gasteiger partial charge is 0.493 e. The summed E-state index contributed by atoms with van der Waals surface area (Å²) in [5.74, 6) is 0.333. The molecule has 0 spiro atoms. The van der Waals surface area contributed by atoms with Gasteiger partial charge in [0.15, 0.2) is 17.6 Å². The fraction of sp³-hybridized carbons (Fsp3) is 0.333. The molecule has 0 N–H and O–H groups in total. The fourth-order valence-corrected chi connectivity index (χ4v) is 2.86. The van der Waals surface area contributed by atoms with Crippen molar-refractivity contribution in [2.24, 2.45) is 0 Å². The van der Waals surface area contributed by atoms with E-state index in [1.54, 1.807) is 37.1 Å². The lowest BCUT2D eigenvalue weighted by Gasteiger charge is -2.24. The highest BCUT2D eigenvalue weighted by atomic mass is 16.5. The van der Waals surface area contributed by atoms with E-state index < -0.39 is 12.1 Å². The number of amides is 1. The van der Waals surface area contributed by atoms with Crippen LogP contribution in [-0.4, -0.2) is 37.7 Å². The van der Waals surface area contributed by atoms with Crippen LogP contribution in [0.15, 0.2) is 54.6 Å². The van der Waals surface area contributed by atoms with Gasteiger partial charge in [-0.1, -0.05) is 24.3 Å². The van der Waals surface area contributed by atoms with Crippen molar-refractivity contribution in [2.75, 3.05) is 18.6 Å². The monoisotopic (exact) mass is 411 g/mol. The number of nitrogens with zero attached hydrogens (tertiary/aromatic N) is 1. The third-order valence-corrected chi connectivity index (χ3v) is 4.25. The molecule has 6 heteroatoms. The summed E-state index contributed by atoms with van der Waals surface area (Å²) in [7, 11) is 1.56. The van der Waals surface area contributed by atoms with Crippen molar-refractivity contribution in [1.82, 2.24) is 0 Å². The molecule has 0 radical (unpaired) electrons. The van der Waals surface area contributed by atoms with E-state index in [0.717, 1.165) is 11.3 Å². The van der Waals surface area contributed by atoms with Crippen LogP contribution in [0.4, 0.5) is 5.69 Å². The minimum Gasteiger partial charge on any atom is -0.493 e. The molecule has 2 aromatic rings.